The minimum atomic E-state index is 0.259. The molecule has 0 spiro atoms. The fourth-order valence-electron chi connectivity index (χ4n) is 1.29. The van der Waals surface area contributed by atoms with Gasteiger partial charge in [-0.05, 0) is 28.4 Å². The number of hydrogen-bond acceptors (Lipinski definition) is 5. The summed E-state index contributed by atoms with van der Waals surface area (Å²) in [6.07, 6.45) is 5.14. The summed E-state index contributed by atoms with van der Waals surface area (Å²) in [7, 11) is 0. The van der Waals surface area contributed by atoms with Gasteiger partial charge in [-0.15, -0.1) is 0 Å². The second kappa shape index (κ2) is 5.77. The first-order valence-electron chi connectivity index (χ1n) is 5.32. The molecule has 0 amide bonds. The van der Waals surface area contributed by atoms with E-state index >= 15 is 0 Å². The van der Waals surface area contributed by atoms with Gasteiger partial charge in [0.2, 0.25) is 0 Å². The second-order valence-electron chi connectivity index (χ2n) is 3.48. The normalized spacial score (nSPS) is 10.5. The topological polar surface area (TPSA) is 61.0 Å². The van der Waals surface area contributed by atoms with Gasteiger partial charge in [0.15, 0.2) is 12.4 Å². The molecule has 0 aliphatic rings. The van der Waals surface area contributed by atoms with Gasteiger partial charge in [-0.1, -0.05) is 12.1 Å². The Kier molecular flexibility index (Phi) is 4.08. The van der Waals surface area contributed by atoms with Gasteiger partial charge < -0.3 is 9.26 Å². The first-order valence-corrected chi connectivity index (χ1v) is 6.12. The smallest absolute Gasteiger partial charge is 0.264 e. The highest BCUT2D eigenvalue weighted by atomic mass is 79.9. The molecule has 0 unspecified atom stereocenters. The summed E-state index contributed by atoms with van der Waals surface area (Å²) in [5.41, 5.74) is 0. The lowest BCUT2D eigenvalue weighted by Crippen LogP contribution is -1.96. The lowest BCUT2D eigenvalue weighted by Gasteiger charge is -2.01. The number of aryl methyl sites for hydroxylation is 1. The maximum Gasteiger partial charge on any atom is 0.264 e. The third kappa shape index (κ3) is 3.52. The van der Waals surface area contributed by atoms with Crippen LogP contribution in [0.3, 0.4) is 0 Å². The Labute approximate surface area is 107 Å². The van der Waals surface area contributed by atoms with E-state index in [0.717, 1.165) is 23.1 Å². The molecule has 0 aromatic carbocycles. The van der Waals surface area contributed by atoms with Crippen LogP contribution in [0.15, 0.2) is 27.5 Å². The standard InChI is InChI=1S/C11H12BrN3O2/c1-2-3-10-14-11(17-15-10)7-16-9-4-8(12)5-13-6-9/h4-6H,2-3,7H2,1H3. The molecule has 0 atom stereocenters. The average molecular weight is 298 g/mol. The molecule has 0 aliphatic heterocycles. The Morgan fingerprint density at radius 2 is 2.29 bits per heavy atom. The van der Waals surface area contributed by atoms with Crippen molar-refractivity contribution in [2.24, 2.45) is 0 Å². The van der Waals surface area contributed by atoms with Gasteiger partial charge in [0.25, 0.3) is 5.89 Å². The van der Waals surface area contributed by atoms with Crippen molar-refractivity contribution in [1.29, 1.82) is 0 Å². The highest BCUT2D eigenvalue weighted by Crippen LogP contribution is 2.16. The number of ether oxygens (including phenoxy) is 1. The number of nitrogens with zero attached hydrogens (tertiary/aromatic N) is 3. The van der Waals surface area contributed by atoms with Gasteiger partial charge in [-0.2, -0.15) is 4.98 Å². The Bertz CT molecular complexity index is 487. The molecule has 6 heteroatoms. The second-order valence-corrected chi connectivity index (χ2v) is 4.40. The zero-order valence-corrected chi connectivity index (χ0v) is 11.0. The van der Waals surface area contributed by atoms with Crippen LogP contribution in [0.1, 0.15) is 25.1 Å². The summed E-state index contributed by atoms with van der Waals surface area (Å²) >= 11 is 3.32. The summed E-state index contributed by atoms with van der Waals surface area (Å²) in [6.45, 7) is 2.33. The van der Waals surface area contributed by atoms with E-state index in [4.69, 9.17) is 9.26 Å². The van der Waals surface area contributed by atoms with E-state index < -0.39 is 0 Å². The van der Waals surface area contributed by atoms with Crippen LogP contribution in [0.2, 0.25) is 0 Å². The monoisotopic (exact) mass is 297 g/mol. The molecular formula is C11H12BrN3O2. The van der Waals surface area contributed by atoms with Crippen molar-refractivity contribution in [3.63, 3.8) is 0 Å². The Balaban J connectivity index is 1.93. The van der Waals surface area contributed by atoms with Gasteiger partial charge in [0, 0.05) is 17.1 Å². The molecule has 90 valence electrons. The Morgan fingerprint density at radius 3 is 3.06 bits per heavy atom. The van der Waals surface area contributed by atoms with Crippen LogP contribution in [0, 0.1) is 0 Å². The van der Waals surface area contributed by atoms with E-state index in [1.807, 2.05) is 6.07 Å². The van der Waals surface area contributed by atoms with Crippen molar-refractivity contribution >= 4 is 15.9 Å². The van der Waals surface area contributed by atoms with Crippen molar-refractivity contribution in [1.82, 2.24) is 15.1 Å². The fourth-order valence-corrected chi connectivity index (χ4v) is 1.63. The molecule has 2 rings (SSSR count). The van der Waals surface area contributed by atoms with Gasteiger partial charge in [0.1, 0.15) is 5.75 Å². The molecule has 0 bridgehead atoms. The van der Waals surface area contributed by atoms with Gasteiger partial charge in [-0.3, -0.25) is 4.98 Å². The van der Waals surface area contributed by atoms with Gasteiger partial charge in [-0.25, -0.2) is 0 Å². The van der Waals surface area contributed by atoms with Crippen LogP contribution < -0.4 is 4.74 Å². The van der Waals surface area contributed by atoms with E-state index in [2.05, 4.69) is 38.0 Å². The number of aromatic nitrogens is 3. The van der Waals surface area contributed by atoms with Crippen LogP contribution in [-0.2, 0) is 13.0 Å². The van der Waals surface area contributed by atoms with Crippen molar-refractivity contribution in [2.75, 3.05) is 0 Å². The molecule has 2 heterocycles. The van der Waals surface area contributed by atoms with Crippen molar-refractivity contribution in [2.45, 2.75) is 26.4 Å². The number of hydrogen-bond donors (Lipinski definition) is 0. The van der Waals surface area contributed by atoms with E-state index in [1.54, 1.807) is 12.4 Å². The van der Waals surface area contributed by atoms with Crippen LogP contribution in [0.5, 0.6) is 5.75 Å². The largest absolute Gasteiger partial charge is 0.482 e. The molecule has 0 aliphatic carbocycles. The maximum absolute atomic E-state index is 5.48. The highest BCUT2D eigenvalue weighted by molar-refractivity contribution is 9.10. The summed E-state index contributed by atoms with van der Waals surface area (Å²) in [5, 5.41) is 3.84. The van der Waals surface area contributed by atoms with E-state index in [0.29, 0.717) is 11.6 Å². The molecule has 2 aromatic rings. The first kappa shape index (κ1) is 12.0. The Hall–Kier alpha value is -1.43. The van der Waals surface area contributed by atoms with E-state index in [1.165, 1.54) is 0 Å². The Morgan fingerprint density at radius 1 is 1.41 bits per heavy atom. The molecule has 0 saturated carbocycles. The quantitative estimate of drug-likeness (QED) is 0.849. The molecular weight excluding hydrogens is 286 g/mol. The van der Waals surface area contributed by atoms with Gasteiger partial charge in [0.05, 0.1) is 6.20 Å². The molecule has 0 radical (unpaired) electrons. The summed E-state index contributed by atoms with van der Waals surface area (Å²) < 4.78 is 11.4. The lowest BCUT2D eigenvalue weighted by atomic mass is 10.3. The van der Waals surface area contributed by atoms with Crippen molar-refractivity contribution < 1.29 is 9.26 Å². The predicted octanol–water partition coefficient (Wildman–Crippen LogP) is 2.76. The average Bonchev–Trinajstić information content (AvgIpc) is 2.75. The van der Waals surface area contributed by atoms with Crippen LogP contribution in [0.4, 0.5) is 0 Å². The summed E-state index contributed by atoms with van der Waals surface area (Å²) in [4.78, 5) is 8.20. The van der Waals surface area contributed by atoms with Crippen molar-refractivity contribution in [3.8, 4) is 5.75 Å². The molecule has 0 fully saturated rings. The molecule has 0 N–H and O–H groups in total. The van der Waals surface area contributed by atoms with Crippen LogP contribution >= 0.6 is 15.9 Å². The van der Waals surface area contributed by atoms with E-state index in [9.17, 15) is 0 Å². The van der Waals surface area contributed by atoms with E-state index in [-0.39, 0.29) is 6.61 Å². The lowest BCUT2D eigenvalue weighted by molar-refractivity contribution is 0.241. The van der Waals surface area contributed by atoms with Crippen molar-refractivity contribution in [3.05, 3.63) is 34.6 Å². The van der Waals surface area contributed by atoms with Crippen LogP contribution in [0.25, 0.3) is 0 Å². The zero-order chi connectivity index (χ0) is 12.1. The number of pyridine rings is 1. The minimum absolute atomic E-state index is 0.259. The fraction of sp³-hybridized carbons (Fsp3) is 0.364. The summed E-state index contributed by atoms with van der Waals surface area (Å²) in [6, 6.07) is 1.83. The molecule has 5 nitrogen and oxygen atoms in total. The maximum atomic E-state index is 5.48. The first-order chi connectivity index (χ1) is 8.28. The third-order valence-corrected chi connectivity index (χ3v) is 2.46. The summed E-state index contributed by atoms with van der Waals surface area (Å²) in [5.74, 6) is 1.86. The van der Waals surface area contributed by atoms with Crippen LogP contribution in [-0.4, -0.2) is 15.1 Å². The molecule has 0 saturated heterocycles. The SMILES string of the molecule is CCCc1noc(COc2cncc(Br)c2)n1. The predicted molar refractivity (Wildman–Crippen MR) is 64.6 cm³/mol. The van der Waals surface area contributed by atoms with Gasteiger partial charge >= 0.3 is 0 Å². The zero-order valence-electron chi connectivity index (χ0n) is 9.39. The third-order valence-electron chi connectivity index (χ3n) is 2.03. The number of rotatable bonds is 5. The minimum Gasteiger partial charge on any atom is -0.482 e. The molecule has 2 aromatic heterocycles. The molecule has 17 heavy (non-hydrogen) atoms. The highest BCUT2D eigenvalue weighted by Gasteiger charge is 2.06. The number of halogens is 1.